The number of hydrogen-bond donors (Lipinski definition) is 1. The van der Waals surface area contributed by atoms with E-state index < -0.39 is 0 Å². The Labute approximate surface area is 100 Å². The van der Waals surface area contributed by atoms with Gasteiger partial charge >= 0.3 is 0 Å². The lowest BCUT2D eigenvalue weighted by Crippen LogP contribution is -1.79. The average molecular weight is 232 g/mol. The molecule has 0 N–H and O–H groups in total. The molecule has 76 valence electrons. The van der Waals surface area contributed by atoms with E-state index in [1.807, 2.05) is 18.2 Å². The van der Waals surface area contributed by atoms with Gasteiger partial charge < -0.3 is 0 Å². The van der Waals surface area contributed by atoms with E-state index in [9.17, 15) is 0 Å². The zero-order chi connectivity index (χ0) is 10.7. The quantitative estimate of drug-likeness (QED) is 0.747. The number of thiol groups is 1. The fourth-order valence-electron chi connectivity index (χ4n) is 1.33. The van der Waals surface area contributed by atoms with Gasteiger partial charge in [-0.1, -0.05) is 42.1 Å². The van der Waals surface area contributed by atoms with Crippen LogP contribution in [0.5, 0.6) is 0 Å². The maximum atomic E-state index is 4.44. The van der Waals surface area contributed by atoms with Gasteiger partial charge in [0.05, 0.1) is 0 Å². The normalized spacial score (nSPS) is 10.3. The maximum Gasteiger partial charge on any atom is 0.0255 e. The van der Waals surface area contributed by atoms with Crippen LogP contribution in [0.15, 0.2) is 63.2 Å². The molecule has 0 amide bonds. The highest BCUT2D eigenvalue weighted by Gasteiger charge is 2.02. The molecule has 2 rings (SSSR count). The van der Waals surface area contributed by atoms with Crippen molar-refractivity contribution in [1.29, 1.82) is 0 Å². The van der Waals surface area contributed by atoms with Gasteiger partial charge in [-0.2, -0.15) is 0 Å². The summed E-state index contributed by atoms with van der Waals surface area (Å²) in [6.07, 6.45) is 0. The molecule has 0 aliphatic heterocycles. The number of aryl methyl sites for hydroxylation is 1. The van der Waals surface area contributed by atoms with Crippen molar-refractivity contribution in [3.63, 3.8) is 0 Å². The first-order chi connectivity index (χ1) is 7.27. The molecule has 15 heavy (non-hydrogen) atoms. The Morgan fingerprint density at radius 2 is 1.47 bits per heavy atom. The molecular formula is C13H12S2. The molecular weight excluding hydrogens is 220 g/mol. The van der Waals surface area contributed by atoms with Crippen molar-refractivity contribution in [1.82, 2.24) is 0 Å². The topological polar surface area (TPSA) is 0 Å². The number of rotatable bonds is 2. The van der Waals surface area contributed by atoms with Crippen LogP contribution in [0.2, 0.25) is 0 Å². The Kier molecular flexibility index (Phi) is 3.39. The first kappa shape index (κ1) is 10.7. The van der Waals surface area contributed by atoms with Crippen molar-refractivity contribution in [3.8, 4) is 0 Å². The zero-order valence-electron chi connectivity index (χ0n) is 8.47. The van der Waals surface area contributed by atoms with Crippen molar-refractivity contribution in [2.75, 3.05) is 0 Å². The summed E-state index contributed by atoms with van der Waals surface area (Å²) in [5, 5.41) is 0. The van der Waals surface area contributed by atoms with Crippen LogP contribution < -0.4 is 0 Å². The van der Waals surface area contributed by atoms with Crippen molar-refractivity contribution in [3.05, 3.63) is 54.1 Å². The van der Waals surface area contributed by atoms with Gasteiger partial charge in [0, 0.05) is 14.7 Å². The molecule has 0 radical (unpaired) electrons. The Bertz CT molecular complexity index is 420. The van der Waals surface area contributed by atoms with Crippen molar-refractivity contribution >= 4 is 24.4 Å². The van der Waals surface area contributed by atoms with Crippen molar-refractivity contribution < 1.29 is 0 Å². The van der Waals surface area contributed by atoms with Crippen LogP contribution in [0, 0.1) is 6.92 Å². The van der Waals surface area contributed by atoms with Crippen LogP contribution in [0.1, 0.15) is 5.56 Å². The van der Waals surface area contributed by atoms with Gasteiger partial charge in [-0.05, 0) is 30.7 Å². The van der Waals surface area contributed by atoms with Gasteiger partial charge in [-0.15, -0.1) is 12.6 Å². The molecule has 0 fully saturated rings. The molecule has 0 aromatic heterocycles. The molecule has 0 atom stereocenters. The first-order valence-corrected chi connectivity index (χ1v) is 6.05. The predicted molar refractivity (Wildman–Crippen MR) is 69.0 cm³/mol. The molecule has 2 heteroatoms. The van der Waals surface area contributed by atoms with Crippen LogP contribution in [-0.4, -0.2) is 0 Å². The minimum atomic E-state index is 1.03. The zero-order valence-corrected chi connectivity index (χ0v) is 10.2. The molecule has 0 nitrogen and oxygen atoms in total. The first-order valence-electron chi connectivity index (χ1n) is 4.79. The van der Waals surface area contributed by atoms with E-state index in [0.717, 1.165) is 4.90 Å². The third kappa shape index (κ3) is 2.58. The number of hydrogen-bond acceptors (Lipinski definition) is 2. The molecule has 0 aliphatic carbocycles. The average Bonchev–Trinajstić information content (AvgIpc) is 2.24. The second-order valence-corrected chi connectivity index (χ2v) is 4.90. The van der Waals surface area contributed by atoms with E-state index in [4.69, 9.17) is 0 Å². The molecule has 0 bridgehead atoms. The number of benzene rings is 2. The summed E-state index contributed by atoms with van der Waals surface area (Å²) in [6.45, 7) is 2.13. The molecule has 0 spiro atoms. The third-order valence-electron chi connectivity index (χ3n) is 2.18. The fraction of sp³-hybridized carbons (Fsp3) is 0.0769. The minimum Gasteiger partial charge on any atom is -0.142 e. The highest BCUT2D eigenvalue weighted by molar-refractivity contribution is 7.99. The molecule has 2 aromatic rings. The van der Waals surface area contributed by atoms with Crippen LogP contribution in [0.3, 0.4) is 0 Å². The summed E-state index contributed by atoms with van der Waals surface area (Å²) in [6, 6.07) is 16.6. The molecule has 0 saturated carbocycles. The lowest BCUT2D eigenvalue weighted by Gasteiger charge is -2.06. The van der Waals surface area contributed by atoms with E-state index in [2.05, 4.69) is 49.9 Å². The minimum absolute atomic E-state index is 1.03. The maximum absolute atomic E-state index is 4.44. The van der Waals surface area contributed by atoms with E-state index in [0.29, 0.717) is 0 Å². The van der Waals surface area contributed by atoms with Crippen LogP contribution >= 0.6 is 24.4 Å². The third-order valence-corrected chi connectivity index (χ3v) is 3.97. The summed E-state index contributed by atoms with van der Waals surface area (Å²) >= 11 is 6.21. The van der Waals surface area contributed by atoms with Gasteiger partial charge in [0.25, 0.3) is 0 Å². The molecule has 0 unspecified atom stereocenters. The Morgan fingerprint density at radius 1 is 0.867 bits per heavy atom. The monoisotopic (exact) mass is 232 g/mol. The van der Waals surface area contributed by atoms with Gasteiger partial charge in [0.2, 0.25) is 0 Å². The van der Waals surface area contributed by atoms with Crippen LogP contribution in [0.25, 0.3) is 0 Å². The van der Waals surface area contributed by atoms with E-state index in [1.54, 1.807) is 11.8 Å². The summed E-state index contributed by atoms with van der Waals surface area (Å²) in [5.41, 5.74) is 1.30. The predicted octanol–water partition coefficient (Wildman–Crippen LogP) is 4.43. The largest absolute Gasteiger partial charge is 0.142 e. The van der Waals surface area contributed by atoms with Gasteiger partial charge in [-0.25, -0.2) is 0 Å². The lowest BCUT2D eigenvalue weighted by atomic mass is 10.2. The van der Waals surface area contributed by atoms with Crippen molar-refractivity contribution in [2.45, 2.75) is 21.6 Å². The second-order valence-electron chi connectivity index (χ2n) is 3.34. The van der Waals surface area contributed by atoms with E-state index in [-0.39, 0.29) is 0 Å². The second kappa shape index (κ2) is 4.77. The Hall–Kier alpha value is -0.860. The fourth-order valence-corrected chi connectivity index (χ4v) is 2.56. The van der Waals surface area contributed by atoms with E-state index >= 15 is 0 Å². The standard InChI is InChI=1S/C13H12S2/c1-10-6-2-4-8-12(10)15-13-9-5-3-7-11(13)14/h2-9,14H,1H3. The van der Waals surface area contributed by atoms with Crippen molar-refractivity contribution in [2.24, 2.45) is 0 Å². The summed E-state index contributed by atoms with van der Waals surface area (Å²) < 4.78 is 0. The SMILES string of the molecule is Cc1ccccc1Sc1ccccc1S. The van der Waals surface area contributed by atoms with Crippen LogP contribution in [0.4, 0.5) is 0 Å². The summed E-state index contributed by atoms with van der Waals surface area (Å²) in [5.74, 6) is 0. The van der Waals surface area contributed by atoms with E-state index in [1.165, 1.54) is 15.4 Å². The van der Waals surface area contributed by atoms with Crippen LogP contribution in [-0.2, 0) is 0 Å². The Balaban J connectivity index is 2.30. The van der Waals surface area contributed by atoms with Gasteiger partial charge in [0.15, 0.2) is 0 Å². The van der Waals surface area contributed by atoms with Gasteiger partial charge in [0.1, 0.15) is 0 Å². The molecule has 2 aromatic carbocycles. The molecule has 0 saturated heterocycles. The lowest BCUT2D eigenvalue weighted by molar-refractivity contribution is 1.23. The summed E-state index contributed by atoms with van der Waals surface area (Å²) in [4.78, 5) is 3.53. The summed E-state index contributed by atoms with van der Waals surface area (Å²) in [7, 11) is 0. The molecule has 0 heterocycles. The molecule has 0 aliphatic rings. The Morgan fingerprint density at radius 3 is 2.13 bits per heavy atom. The smallest absolute Gasteiger partial charge is 0.0255 e. The van der Waals surface area contributed by atoms with Gasteiger partial charge in [-0.3, -0.25) is 0 Å². The highest BCUT2D eigenvalue weighted by Crippen LogP contribution is 2.33. The highest BCUT2D eigenvalue weighted by atomic mass is 32.2.